The van der Waals surface area contributed by atoms with Gasteiger partial charge in [-0.3, -0.25) is 0 Å². The molecule has 0 spiro atoms. The molecule has 0 radical (unpaired) electrons. The fourth-order valence-corrected chi connectivity index (χ4v) is 2.80. The van der Waals surface area contributed by atoms with Crippen LogP contribution in [0.2, 0.25) is 0 Å². The van der Waals surface area contributed by atoms with Crippen molar-refractivity contribution < 1.29 is 9.18 Å². The summed E-state index contributed by atoms with van der Waals surface area (Å²) in [5, 5.41) is 0. The Kier molecular flexibility index (Phi) is 5.67. The number of hydrogen-bond donors (Lipinski definition) is 0. The molecule has 2 unspecified atom stereocenters. The highest BCUT2D eigenvalue weighted by Gasteiger charge is 2.29. The molecule has 0 aliphatic rings. The van der Waals surface area contributed by atoms with Crippen molar-refractivity contribution in [1.29, 1.82) is 0 Å². The molecule has 110 valence electrons. The van der Waals surface area contributed by atoms with E-state index in [0.29, 0.717) is 0 Å². The normalized spacial score (nSPS) is 15.3. The fourth-order valence-electron chi connectivity index (χ4n) is 2.80. The zero-order chi connectivity index (χ0) is 15.3. The van der Waals surface area contributed by atoms with Crippen LogP contribution in [-0.2, 0) is 10.2 Å². The first-order valence-electron chi connectivity index (χ1n) is 7.14. The van der Waals surface area contributed by atoms with Crippen molar-refractivity contribution in [2.24, 2.45) is 5.92 Å². The van der Waals surface area contributed by atoms with E-state index in [1.807, 2.05) is 19.9 Å². The molecule has 0 amide bonds. The lowest BCUT2D eigenvalue weighted by Gasteiger charge is -2.32. The van der Waals surface area contributed by atoms with Crippen LogP contribution in [0.15, 0.2) is 29.8 Å². The summed E-state index contributed by atoms with van der Waals surface area (Å²) in [6.07, 6.45) is 4.83. The lowest BCUT2D eigenvalue weighted by atomic mass is 9.72. The van der Waals surface area contributed by atoms with Gasteiger partial charge in [-0.2, -0.15) is 0 Å². The first kappa shape index (κ1) is 16.6. The van der Waals surface area contributed by atoms with E-state index in [9.17, 15) is 9.18 Å². The van der Waals surface area contributed by atoms with Crippen LogP contribution in [0.25, 0.3) is 0 Å². The highest BCUT2D eigenvalue weighted by atomic mass is 19.1. The summed E-state index contributed by atoms with van der Waals surface area (Å²) in [5.74, 6) is -0.214. The van der Waals surface area contributed by atoms with Crippen molar-refractivity contribution in [2.45, 2.75) is 52.9 Å². The van der Waals surface area contributed by atoms with Crippen LogP contribution in [0.4, 0.5) is 4.39 Å². The summed E-state index contributed by atoms with van der Waals surface area (Å²) in [6.45, 7) is 10.2. The molecule has 0 aliphatic carbocycles. The van der Waals surface area contributed by atoms with E-state index >= 15 is 0 Å². The van der Waals surface area contributed by atoms with Crippen LogP contribution in [-0.4, -0.2) is 6.29 Å². The predicted molar refractivity (Wildman–Crippen MR) is 82.4 cm³/mol. The maximum absolute atomic E-state index is 13.3. The highest BCUT2D eigenvalue weighted by molar-refractivity contribution is 5.53. The minimum Gasteiger partial charge on any atom is -0.303 e. The predicted octanol–water partition coefficient (Wildman–Crippen LogP) is 4.97. The second kappa shape index (κ2) is 6.83. The van der Waals surface area contributed by atoms with Gasteiger partial charge in [0.2, 0.25) is 0 Å². The van der Waals surface area contributed by atoms with Crippen LogP contribution in [0, 0.1) is 18.7 Å². The molecule has 0 bridgehead atoms. The minimum absolute atomic E-state index is 0.00462. The molecule has 0 N–H and O–H groups in total. The fraction of sp³-hybridized carbons (Fsp3) is 0.500. The first-order valence-corrected chi connectivity index (χ1v) is 7.14. The van der Waals surface area contributed by atoms with Gasteiger partial charge in [-0.25, -0.2) is 4.39 Å². The van der Waals surface area contributed by atoms with E-state index in [1.54, 1.807) is 6.07 Å². The average molecular weight is 276 g/mol. The lowest BCUT2D eigenvalue weighted by Crippen LogP contribution is -2.26. The van der Waals surface area contributed by atoms with E-state index < -0.39 is 0 Å². The largest absolute Gasteiger partial charge is 0.303 e. The zero-order valence-electron chi connectivity index (χ0n) is 13.2. The maximum atomic E-state index is 13.3. The number of allylic oxidation sites excluding steroid dienone is 2. The summed E-state index contributed by atoms with van der Waals surface area (Å²) in [5.41, 5.74) is 3.20. The van der Waals surface area contributed by atoms with Gasteiger partial charge < -0.3 is 4.79 Å². The number of halogens is 1. The summed E-state index contributed by atoms with van der Waals surface area (Å²) >= 11 is 0. The molecular formula is C18H25FO. The Bertz CT molecular complexity index is 500. The quantitative estimate of drug-likeness (QED) is 0.529. The van der Waals surface area contributed by atoms with Crippen molar-refractivity contribution in [3.8, 4) is 0 Å². The standard InChI is InChI=1S/C18H25FO/c1-13(2)8-9-18(5,11-14(3)12-20)17-7-6-16(19)10-15(17)4/h6-8,10,12,14H,9,11H2,1-5H3. The molecule has 0 aliphatic heterocycles. The molecule has 2 heteroatoms. The van der Waals surface area contributed by atoms with Gasteiger partial charge in [-0.15, -0.1) is 0 Å². The Morgan fingerprint density at radius 3 is 2.55 bits per heavy atom. The number of rotatable bonds is 6. The first-order chi connectivity index (χ1) is 9.28. The Labute approximate surface area is 121 Å². The van der Waals surface area contributed by atoms with Gasteiger partial charge in [-0.05, 0) is 62.3 Å². The molecule has 1 rings (SSSR count). The smallest absolute Gasteiger partial charge is 0.123 e. The highest BCUT2D eigenvalue weighted by Crippen LogP contribution is 2.37. The van der Waals surface area contributed by atoms with Gasteiger partial charge in [0.25, 0.3) is 0 Å². The van der Waals surface area contributed by atoms with Crippen molar-refractivity contribution >= 4 is 6.29 Å². The molecule has 0 fully saturated rings. The Hall–Kier alpha value is -1.44. The van der Waals surface area contributed by atoms with Crippen LogP contribution < -0.4 is 0 Å². The molecule has 0 heterocycles. The van der Waals surface area contributed by atoms with Crippen LogP contribution in [0.5, 0.6) is 0 Å². The monoisotopic (exact) mass is 276 g/mol. The summed E-state index contributed by atoms with van der Waals surface area (Å²) in [6, 6.07) is 4.94. The number of carbonyl (C=O) groups excluding carboxylic acids is 1. The van der Waals surface area contributed by atoms with Crippen LogP contribution in [0.1, 0.15) is 51.7 Å². The Balaban J connectivity index is 3.20. The number of aryl methyl sites for hydroxylation is 1. The van der Waals surface area contributed by atoms with Gasteiger partial charge in [0.15, 0.2) is 0 Å². The SMILES string of the molecule is CC(C)=CCC(C)(CC(C)C=O)c1ccc(F)cc1C. The van der Waals surface area contributed by atoms with Gasteiger partial charge in [0, 0.05) is 5.92 Å². The van der Waals surface area contributed by atoms with Crippen molar-refractivity contribution in [3.63, 3.8) is 0 Å². The number of carbonyl (C=O) groups is 1. The molecular weight excluding hydrogens is 251 g/mol. The number of aldehydes is 1. The number of benzene rings is 1. The Morgan fingerprint density at radius 2 is 2.05 bits per heavy atom. The molecule has 1 aromatic rings. The van der Waals surface area contributed by atoms with Crippen molar-refractivity contribution in [2.75, 3.05) is 0 Å². The number of hydrogen-bond acceptors (Lipinski definition) is 1. The van der Waals surface area contributed by atoms with Gasteiger partial charge in [0.1, 0.15) is 12.1 Å². The van der Waals surface area contributed by atoms with Gasteiger partial charge in [0.05, 0.1) is 0 Å². The summed E-state index contributed by atoms with van der Waals surface area (Å²) in [7, 11) is 0. The second-order valence-corrected chi connectivity index (χ2v) is 6.32. The average Bonchev–Trinajstić information content (AvgIpc) is 2.36. The third-order valence-electron chi connectivity index (χ3n) is 3.80. The maximum Gasteiger partial charge on any atom is 0.123 e. The van der Waals surface area contributed by atoms with Crippen molar-refractivity contribution in [1.82, 2.24) is 0 Å². The topological polar surface area (TPSA) is 17.1 Å². The van der Waals surface area contributed by atoms with Crippen LogP contribution >= 0.6 is 0 Å². The van der Waals surface area contributed by atoms with Crippen molar-refractivity contribution in [3.05, 3.63) is 46.8 Å². The van der Waals surface area contributed by atoms with E-state index in [2.05, 4.69) is 26.8 Å². The molecule has 1 nitrogen and oxygen atoms in total. The molecule has 0 saturated heterocycles. The molecule has 1 aromatic carbocycles. The summed E-state index contributed by atoms with van der Waals surface area (Å²) < 4.78 is 13.3. The third kappa shape index (κ3) is 4.29. The van der Waals surface area contributed by atoms with E-state index in [0.717, 1.165) is 30.3 Å². The van der Waals surface area contributed by atoms with E-state index in [4.69, 9.17) is 0 Å². The minimum atomic E-state index is -0.209. The van der Waals surface area contributed by atoms with Crippen LogP contribution in [0.3, 0.4) is 0 Å². The molecule has 0 saturated carbocycles. The molecule has 20 heavy (non-hydrogen) atoms. The van der Waals surface area contributed by atoms with Gasteiger partial charge in [-0.1, -0.05) is 31.6 Å². The lowest BCUT2D eigenvalue weighted by molar-refractivity contribution is -0.111. The summed E-state index contributed by atoms with van der Waals surface area (Å²) in [4.78, 5) is 11.0. The van der Waals surface area contributed by atoms with E-state index in [-0.39, 0.29) is 17.2 Å². The zero-order valence-corrected chi connectivity index (χ0v) is 13.2. The third-order valence-corrected chi connectivity index (χ3v) is 3.80. The molecule has 0 aromatic heterocycles. The Morgan fingerprint density at radius 1 is 1.40 bits per heavy atom. The second-order valence-electron chi connectivity index (χ2n) is 6.32. The van der Waals surface area contributed by atoms with E-state index in [1.165, 1.54) is 11.6 Å². The van der Waals surface area contributed by atoms with Gasteiger partial charge >= 0.3 is 0 Å². The molecule has 2 atom stereocenters.